The fraction of sp³-hybridized carbons (Fsp3) is 0.417. The van der Waals surface area contributed by atoms with Crippen LogP contribution < -0.4 is 10.6 Å². The van der Waals surface area contributed by atoms with Crippen LogP contribution in [0.25, 0.3) is 0 Å². The molecule has 0 aliphatic rings. The van der Waals surface area contributed by atoms with Gasteiger partial charge in [0.05, 0.1) is 27.3 Å². The van der Waals surface area contributed by atoms with E-state index in [1.165, 1.54) is 12.1 Å². The number of carbonyl (C=O) groups is 1. The van der Waals surface area contributed by atoms with Crippen molar-refractivity contribution >= 4 is 46.4 Å². The SMILES string of the molecule is CCC(C)NCC(=O)Nc1cc(Cl)c(Cl)cc1Cl. The van der Waals surface area contributed by atoms with Crippen molar-refractivity contribution in [1.29, 1.82) is 0 Å². The van der Waals surface area contributed by atoms with Crippen LogP contribution >= 0.6 is 34.8 Å². The summed E-state index contributed by atoms with van der Waals surface area (Å²) in [5.41, 5.74) is 0.460. The van der Waals surface area contributed by atoms with Gasteiger partial charge in [0.15, 0.2) is 0 Å². The van der Waals surface area contributed by atoms with Crippen molar-refractivity contribution < 1.29 is 4.79 Å². The minimum Gasteiger partial charge on any atom is -0.324 e. The average molecular weight is 310 g/mol. The number of nitrogens with one attached hydrogen (secondary N) is 2. The molecule has 1 atom stereocenters. The third-order valence-electron chi connectivity index (χ3n) is 2.51. The highest BCUT2D eigenvalue weighted by atomic mass is 35.5. The van der Waals surface area contributed by atoms with Gasteiger partial charge in [0.2, 0.25) is 5.91 Å². The maximum atomic E-state index is 11.7. The smallest absolute Gasteiger partial charge is 0.238 e. The molecule has 1 rings (SSSR count). The van der Waals surface area contributed by atoms with Crippen molar-refractivity contribution in [1.82, 2.24) is 5.32 Å². The van der Waals surface area contributed by atoms with Crippen LogP contribution in [-0.4, -0.2) is 18.5 Å². The first kappa shape index (κ1) is 15.6. The molecule has 18 heavy (non-hydrogen) atoms. The van der Waals surface area contributed by atoms with Crippen molar-refractivity contribution in [3.05, 3.63) is 27.2 Å². The van der Waals surface area contributed by atoms with Gasteiger partial charge in [-0.05, 0) is 25.5 Å². The lowest BCUT2D eigenvalue weighted by molar-refractivity contribution is -0.115. The molecule has 0 bridgehead atoms. The largest absolute Gasteiger partial charge is 0.324 e. The van der Waals surface area contributed by atoms with E-state index >= 15 is 0 Å². The summed E-state index contributed by atoms with van der Waals surface area (Å²) in [6, 6.07) is 3.33. The molecule has 0 aliphatic carbocycles. The Hall–Kier alpha value is -0.480. The quantitative estimate of drug-likeness (QED) is 0.808. The van der Waals surface area contributed by atoms with E-state index in [-0.39, 0.29) is 12.5 Å². The predicted octanol–water partition coefficient (Wildman–Crippen LogP) is 3.97. The van der Waals surface area contributed by atoms with E-state index in [2.05, 4.69) is 10.6 Å². The van der Waals surface area contributed by atoms with Gasteiger partial charge in [-0.15, -0.1) is 0 Å². The lowest BCUT2D eigenvalue weighted by Crippen LogP contribution is -2.34. The molecule has 0 fully saturated rings. The second-order valence-electron chi connectivity index (χ2n) is 3.98. The predicted molar refractivity (Wildman–Crippen MR) is 77.9 cm³/mol. The lowest BCUT2D eigenvalue weighted by Gasteiger charge is -2.12. The van der Waals surface area contributed by atoms with Gasteiger partial charge >= 0.3 is 0 Å². The maximum absolute atomic E-state index is 11.7. The molecule has 1 aromatic rings. The summed E-state index contributed by atoms with van der Waals surface area (Å²) in [6.45, 7) is 4.29. The number of halogens is 3. The van der Waals surface area contributed by atoms with E-state index in [0.717, 1.165) is 6.42 Å². The van der Waals surface area contributed by atoms with Gasteiger partial charge in [0.1, 0.15) is 0 Å². The fourth-order valence-corrected chi connectivity index (χ4v) is 1.82. The molecule has 0 heterocycles. The molecule has 6 heteroatoms. The highest BCUT2D eigenvalue weighted by molar-refractivity contribution is 6.44. The highest BCUT2D eigenvalue weighted by Gasteiger charge is 2.09. The number of benzene rings is 1. The Bertz CT molecular complexity index is 438. The summed E-state index contributed by atoms with van der Waals surface area (Å²) in [7, 11) is 0. The monoisotopic (exact) mass is 308 g/mol. The standard InChI is InChI=1S/C12H15Cl3N2O/c1-3-7(2)16-6-12(18)17-11-5-9(14)8(13)4-10(11)15/h4-5,7,16H,3,6H2,1-2H3,(H,17,18). The number of anilines is 1. The van der Waals surface area contributed by atoms with Crippen molar-refractivity contribution in [2.45, 2.75) is 26.3 Å². The van der Waals surface area contributed by atoms with Gasteiger partial charge in [-0.1, -0.05) is 41.7 Å². The van der Waals surface area contributed by atoms with Crippen molar-refractivity contribution in [2.24, 2.45) is 0 Å². The number of rotatable bonds is 5. The number of amides is 1. The zero-order valence-electron chi connectivity index (χ0n) is 10.2. The van der Waals surface area contributed by atoms with Gasteiger partial charge in [-0.25, -0.2) is 0 Å². The van der Waals surface area contributed by atoms with E-state index in [0.29, 0.717) is 26.8 Å². The minimum atomic E-state index is -0.171. The van der Waals surface area contributed by atoms with Gasteiger partial charge in [0, 0.05) is 6.04 Å². The first-order valence-electron chi connectivity index (χ1n) is 5.61. The van der Waals surface area contributed by atoms with E-state index in [9.17, 15) is 4.79 Å². The van der Waals surface area contributed by atoms with E-state index in [4.69, 9.17) is 34.8 Å². The van der Waals surface area contributed by atoms with E-state index in [1.54, 1.807) is 0 Å². The fourth-order valence-electron chi connectivity index (χ4n) is 1.22. The Morgan fingerprint density at radius 1 is 1.22 bits per heavy atom. The molecule has 1 amide bonds. The third-order valence-corrected chi connectivity index (χ3v) is 3.54. The number of carbonyl (C=O) groups excluding carboxylic acids is 1. The molecule has 0 aromatic heterocycles. The molecule has 0 aliphatic heterocycles. The molecule has 2 N–H and O–H groups in total. The van der Waals surface area contributed by atoms with Crippen molar-refractivity contribution in [3.63, 3.8) is 0 Å². The number of hydrogen-bond acceptors (Lipinski definition) is 2. The van der Waals surface area contributed by atoms with Gasteiger partial charge in [-0.2, -0.15) is 0 Å². The van der Waals surface area contributed by atoms with Gasteiger partial charge in [-0.3, -0.25) is 4.79 Å². The van der Waals surface area contributed by atoms with Crippen LogP contribution in [0.2, 0.25) is 15.1 Å². The third kappa shape index (κ3) is 4.65. The Kier molecular flexibility index (Phi) is 6.22. The maximum Gasteiger partial charge on any atom is 0.238 e. The average Bonchev–Trinajstić information content (AvgIpc) is 2.33. The molecule has 0 saturated heterocycles. The molecular weight excluding hydrogens is 295 g/mol. The molecule has 0 saturated carbocycles. The van der Waals surface area contributed by atoms with Gasteiger partial charge < -0.3 is 10.6 Å². The molecular formula is C12H15Cl3N2O. The summed E-state index contributed by atoms with van der Waals surface area (Å²) in [5, 5.41) is 6.84. The molecule has 1 aromatic carbocycles. The van der Waals surface area contributed by atoms with E-state index < -0.39 is 0 Å². The first-order chi connectivity index (χ1) is 8.43. The van der Waals surface area contributed by atoms with Crippen LogP contribution in [0.4, 0.5) is 5.69 Å². The van der Waals surface area contributed by atoms with Gasteiger partial charge in [0.25, 0.3) is 0 Å². The zero-order valence-corrected chi connectivity index (χ0v) is 12.5. The van der Waals surface area contributed by atoms with Crippen LogP contribution in [0.15, 0.2) is 12.1 Å². The van der Waals surface area contributed by atoms with Crippen LogP contribution in [0.5, 0.6) is 0 Å². The first-order valence-corrected chi connectivity index (χ1v) is 6.75. The normalized spacial score (nSPS) is 12.3. The minimum absolute atomic E-state index is 0.171. The summed E-state index contributed by atoms with van der Waals surface area (Å²) in [4.78, 5) is 11.7. The zero-order chi connectivity index (χ0) is 13.7. The molecule has 3 nitrogen and oxygen atoms in total. The van der Waals surface area contributed by atoms with Crippen LogP contribution in [-0.2, 0) is 4.79 Å². The van der Waals surface area contributed by atoms with Crippen molar-refractivity contribution in [3.8, 4) is 0 Å². The second kappa shape index (κ2) is 7.19. The topological polar surface area (TPSA) is 41.1 Å². The molecule has 0 spiro atoms. The molecule has 1 unspecified atom stereocenters. The Balaban J connectivity index is 2.62. The molecule has 0 radical (unpaired) electrons. The molecule has 100 valence electrons. The number of hydrogen-bond donors (Lipinski definition) is 2. The van der Waals surface area contributed by atoms with Crippen LogP contribution in [0.1, 0.15) is 20.3 Å². The summed E-state index contributed by atoms with van der Waals surface area (Å²) in [5.74, 6) is -0.171. The Labute approximate surface area is 122 Å². The summed E-state index contributed by atoms with van der Waals surface area (Å²) < 4.78 is 0. The van der Waals surface area contributed by atoms with Crippen molar-refractivity contribution in [2.75, 3.05) is 11.9 Å². The van der Waals surface area contributed by atoms with Crippen LogP contribution in [0.3, 0.4) is 0 Å². The Morgan fingerprint density at radius 2 is 1.83 bits per heavy atom. The summed E-state index contributed by atoms with van der Waals surface area (Å²) in [6.07, 6.45) is 0.959. The lowest BCUT2D eigenvalue weighted by atomic mass is 10.2. The highest BCUT2D eigenvalue weighted by Crippen LogP contribution is 2.32. The van der Waals surface area contributed by atoms with Crippen LogP contribution in [0, 0.1) is 0 Å². The van der Waals surface area contributed by atoms with E-state index in [1.807, 2.05) is 13.8 Å². The second-order valence-corrected chi connectivity index (χ2v) is 5.21. The Morgan fingerprint density at radius 3 is 2.44 bits per heavy atom. The summed E-state index contributed by atoms with van der Waals surface area (Å²) >= 11 is 17.6.